The van der Waals surface area contributed by atoms with E-state index in [0.717, 1.165) is 17.7 Å². The van der Waals surface area contributed by atoms with E-state index in [2.05, 4.69) is 10.2 Å². The molecule has 0 radical (unpaired) electrons. The number of imide groups is 1. The molecule has 7 nitrogen and oxygen atoms in total. The van der Waals surface area contributed by atoms with Gasteiger partial charge in [-0.25, -0.2) is 0 Å². The van der Waals surface area contributed by atoms with E-state index in [1.165, 1.54) is 51.6 Å². The first-order chi connectivity index (χ1) is 15.1. The number of fused-ring (bicyclic) bond motifs is 1. The second-order valence-electron chi connectivity index (χ2n) is 9.32. The highest BCUT2D eigenvalue weighted by Crippen LogP contribution is 2.33. The molecule has 1 saturated carbocycles. The van der Waals surface area contributed by atoms with Crippen molar-refractivity contribution < 1.29 is 19.1 Å². The van der Waals surface area contributed by atoms with Crippen molar-refractivity contribution in [3.63, 3.8) is 0 Å². The fourth-order valence-corrected chi connectivity index (χ4v) is 5.68. The van der Waals surface area contributed by atoms with Crippen molar-refractivity contribution in [3.8, 4) is 5.75 Å². The van der Waals surface area contributed by atoms with E-state index in [1.54, 1.807) is 4.90 Å². The maximum absolute atomic E-state index is 12.9. The fourth-order valence-electron chi connectivity index (χ4n) is 5.68. The van der Waals surface area contributed by atoms with Gasteiger partial charge in [0, 0.05) is 24.6 Å². The van der Waals surface area contributed by atoms with Crippen LogP contribution in [0.25, 0.3) is 0 Å². The number of hydrogen-bond acceptors (Lipinski definition) is 5. The molecule has 166 valence electrons. The smallest absolute Gasteiger partial charge is 0.255 e. The Hall–Kier alpha value is -2.41. The Bertz CT molecular complexity index is 880. The largest absolute Gasteiger partial charge is 0.489 e. The zero-order valence-corrected chi connectivity index (χ0v) is 18.0. The standard InChI is InChI=1S/C24H31N3O4/c28-22-11-10-20(23(29)25-22)27-15-16-14-17(8-9-18(16)24(27)30)31-21-7-3-2-6-19(21)26-12-4-1-5-13-26/h8-9,14,19-21H,1-7,10-13,15H2,(H,25,28,29)/t19-,20?,21-/m1/s1. The number of nitrogens with one attached hydrogen (secondary N) is 1. The summed E-state index contributed by atoms with van der Waals surface area (Å²) in [6.07, 6.45) is 9.45. The van der Waals surface area contributed by atoms with Crippen LogP contribution in [0, 0.1) is 0 Å². The SMILES string of the molecule is O=C1CCC(N2Cc3cc(O[C@@H]4CCCC[C@H]4N4CCCCC4)ccc3C2=O)C(=O)N1. The molecule has 0 aromatic heterocycles. The number of carbonyl (C=O) groups is 3. The molecule has 1 aromatic carbocycles. The summed E-state index contributed by atoms with van der Waals surface area (Å²) in [6, 6.07) is 5.60. The summed E-state index contributed by atoms with van der Waals surface area (Å²) >= 11 is 0. The third-order valence-corrected chi connectivity index (χ3v) is 7.31. The van der Waals surface area contributed by atoms with Crippen LogP contribution in [0.15, 0.2) is 18.2 Å². The van der Waals surface area contributed by atoms with Crippen molar-refractivity contribution in [3.05, 3.63) is 29.3 Å². The number of rotatable bonds is 4. The summed E-state index contributed by atoms with van der Waals surface area (Å²) in [5, 5.41) is 2.35. The van der Waals surface area contributed by atoms with Gasteiger partial charge in [-0.1, -0.05) is 12.8 Å². The number of hydrogen-bond donors (Lipinski definition) is 1. The molecule has 1 aliphatic carbocycles. The third-order valence-electron chi connectivity index (χ3n) is 7.31. The van der Waals surface area contributed by atoms with E-state index in [1.807, 2.05) is 18.2 Å². The summed E-state index contributed by atoms with van der Waals surface area (Å²) in [7, 11) is 0. The molecule has 31 heavy (non-hydrogen) atoms. The molecule has 3 aliphatic heterocycles. The molecule has 0 spiro atoms. The number of amides is 3. The van der Waals surface area contributed by atoms with Crippen LogP contribution < -0.4 is 10.1 Å². The van der Waals surface area contributed by atoms with Crippen molar-refractivity contribution in [2.75, 3.05) is 13.1 Å². The van der Waals surface area contributed by atoms with Crippen LogP contribution >= 0.6 is 0 Å². The zero-order valence-electron chi connectivity index (χ0n) is 18.0. The third kappa shape index (κ3) is 4.07. The van der Waals surface area contributed by atoms with Gasteiger partial charge in [-0.3, -0.25) is 24.6 Å². The minimum absolute atomic E-state index is 0.139. The molecule has 1 aromatic rings. The highest BCUT2D eigenvalue weighted by Gasteiger charge is 2.39. The van der Waals surface area contributed by atoms with E-state index < -0.39 is 6.04 Å². The average molecular weight is 426 g/mol. The minimum atomic E-state index is -0.580. The van der Waals surface area contributed by atoms with Gasteiger partial charge in [-0.2, -0.15) is 0 Å². The maximum Gasteiger partial charge on any atom is 0.255 e. The van der Waals surface area contributed by atoms with Gasteiger partial charge in [0.1, 0.15) is 17.9 Å². The predicted octanol–water partition coefficient (Wildman–Crippen LogP) is 2.62. The Morgan fingerprint density at radius 3 is 2.55 bits per heavy atom. The molecule has 3 fully saturated rings. The van der Waals surface area contributed by atoms with Crippen molar-refractivity contribution in [2.45, 2.75) is 82.5 Å². The van der Waals surface area contributed by atoms with Crippen LogP contribution in [0.5, 0.6) is 5.75 Å². The molecular formula is C24H31N3O4. The molecule has 3 heterocycles. The fraction of sp³-hybridized carbons (Fsp3) is 0.625. The van der Waals surface area contributed by atoms with Gasteiger partial charge in [0.15, 0.2) is 0 Å². The molecular weight excluding hydrogens is 394 g/mol. The van der Waals surface area contributed by atoms with Crippen LogP contribution in [-0.4, -0.2) is 58.8 Å². The van der Waals surface area contributed by atoms with Gasteiger partial charge in [-0.05, 0) is 75.4 Å². The van der Waals surface area contributed by atoms with Crippen molar-refractivity contribution >= 4 is 17.7 Å². The highest BCUT2D eigenvalue weighted by atomic mass is 16.5. The second kappa shape index (κ2) is 8.61. The van der Waals surface area contributed by atoms with Crippen LogP contribution in [0.4, 0.5) is 0 Å². The number of benzene rings is 1. The first kappa shape index (κ1) is 20.5. The van der Waals surface area contributed by atoms with E-state index in [0.29, 0.717) is 24.6 Å². The molecule has 4 aliphatic rings. The lowest BCUT2D eigenvalue weighted by atomic mass is 9.90. The molecule has 5 rings (SSSR count). The van der Waals surface area contributed by atoms with Crippen LogP contribution in [0.3, 0.4) is 0 Å². The molecule has 1 N–H and O–H groups in total. The van der Waals surface area contributed by atoms with Crippen molar-refractivity contribution in [1.82, 2.24) is 15.1 Å². The van der Waals surface area contributed by atoms with E-state index in [-0.39, 0.29) is 30.2 Å². The molecule has 3 amide bonds. The Labute approximate surface area is 183 Å². The van der Waals surface area contributed by atoms with Crippen LogP contribution in [-0.2, 0) is 16.1 Å². The van der Waals surface area contributed by atoms with E-state index in [9.17, 15) is 14.4 Å². The second-order valence-corrected chi connectivity index (χ2v) is 9.32. The number of carbonyl (C=O) groups excluding carboxylic acids is 3. The number of ether oxygens (including phenoxy) is 1. The number of likely N-dealkylation sites (tertiary alicyclic amines) is 1. The average Bonchev–Trinajstić information content (AvgIpc) is 3.10. The number of piperidine rings is 2. The Kier molecular flexibility index (Phi) is 5.69. The lowest BCUT2D eigenvalue weighted by molar-refractivity contribution is -0.136. The molecule has 3 atom stereocenters. The van der Waals surface area contributed by atoms with Gasteiger partial charge >= 0.3 is 0 Å². The predicted molar refractivity (Wildman–Crippen MR) is 115 cm³/mol. The highest BCUT2D eigenvalue weighted by molar-refractivity contribution is 6.05. The Morgan fingerprint density at radius 1 is 0.935 bits per heavy atom. The Balaban J connectivity index is 1.29. The number of nitrogens with zero attached hydrogens (tertiary/aromatic N) is 2. The minimum Gasteiger partial charge on any atom is -0.489 e. The monoisotopic (exact) mass is 425 g/mol. The lowest BCUT2D eigenvalue weighted by Crippen LogP contribution is -2.52. The summed E-state index contributed by atoms with van der Waals surface area (Å²) in [4.78, 5) is 40.8. The summed E-state index contributed by atoms with van der Waals surface area (Å²) < 4.78 is 6.50. The van der Waals surface area contributed by atoms with Gasteiger partial charge in [0.05, 0.1) is 0 Å². The van der Waals surface area contributed by atoms with Crippen LogP contribution in [0.1, 0.15) is 73.7 Å². The molecule has 1 unspecified atom stereocenters. The maximum atomic E-state index is 12.9. The summed E-state index contributed by atoms with van der Waals surface area (Å²) in [6.45, 7) is 2.73. The topological polar surface area (TPSA) is 79.0 Å². The lowest BCUT2D eigenvalue weighted by Gasteiger charge is -2.41. The van der Waals surface area contributed by atoms with Crippen molar-refractivity contribution in [1.29, 1.82) is 0 Å². The first-order valence-corrected chi connectivity index (χ1v) is 11.8. The first-order valence-electron chi connectivity index (χ1n) is 11.8. The molecule has 0 bridgehead atoms. The normalized spacial score (nSPS) is 29.6. The molecule has 2 saturated heterocycles. The van der Waals surface area contributed by atoms with Crippen molar-refractivity contribution in [2.24, 2.45) is 0 Å². The van der Waals surface area contributed by atoms with Gasteiger partial charge in [0.2, 0.25) is 11.8 Å². The Morgan fingerprint density at radius 2 is 1.74 bits per heavy atom. The van der Waals surface area contributed by atoms with E-state index in [4.69, 9.17) is 4.74 Å². The van der Waals surface area contributed by atoms with Crippen LogP contribution in [0.2, 0.25) is 0 Å². The van der Waals surface area contributed by atoms with Gasteiger partial charge in [0.25, 0.3) is 5.91 Å². The quantitative estimate of drug-likeness (QED) is 0.751. The van der Waals surface area contributed by atoms with Gasteiger partial charge < -0.3 is 9.64 Å². The molecule has 7 heteroatoms. The summed E-state index contributed by atoms with van der Waals surface area (Å²) in [5.41, 5.74) is 1.53. The zero-order chi connectivity index (χ0) is 21.4. The summed E-state index contributed by atoms with van der Waals surface area (Å²) in [5.74, 6) is 0.0304. The van der Waals surface area contributed by atoms with E-state index >= 15 is 0 Å². The van der Waals surface area contributed by atoms with Gasteiger partial charge in [-0.15, -0.1) is 0 Å².